The van der Waals surface area contributed by atoms with Crippen molar-refractivity contribution in [1.29, 1.82) is 0 Å². The summed E-state index contributed by atoms with van der Waals surface area (Å²) in [7, 11) is 0. The normalized spacial score (nSPS) is 16.7. The summed E-state index contributed by atoms with van der Waals surface area (Å²) in [6.45, 7) is 0.658. The van der Waals surface area contributed by atoms with Gasteiger partial charge in [-0.3, -0.25) is 0 Å². The van der Waals surface area contributed by atoms with Crippen LogP contribution in [-0.4, -0.2) is 24.9 Å². The van der Waals surface area contributed by atoms with Crippen LogP contribution in [0.5, 0.6) is 11.5 Å². The largest absolute Gasteiger partial charge is 0.490 e. The van der Waals surface area contributed by atoms with Crippen LogP contribution in [0.15, 0.2) is 12.1 Å². The maximum atomic E-state index is 13.6. The van der Waals surface area contributed by atoms with Gasteiger partial charge in [-0.2, -0.15) is 0 Å². The van der Waals surface area contributed by atoms with Gasteiger partial charge < -0.3 is 20.3 Å². The lowest BCUT2D eigenvalue weighted by Crippen LogP contribution is -2.17. The van der Waals surface area contributed by atoms with E-state index in [1.165, 1.54) is 12.1 Å². The van der Waals surface area contributed by atoms with Gasteiger partial charge in [0.2, 0.25) is 0 Å². The Morgan fingerprint density at radius 1 is 1.38 bits per heavy atom. The maximum absolute atomic E-state index is 13.6. The van der Waals surface area contributed by atoms with Crippen molar-refractivity contribution in [3.63, 3.8) is 0 Å². The minimum Gasteiger partial charge on any atom is -0.490 e. The van der Waals surface area contributed by atoms with Crippen molar-refractivity contribution in [1.82, 2.24) is 0 Å². The highest BCUT2D eigenvalue weighted by Gasteiger charge is 2.22. The van der Waals surface area contributed by atoms with Gasteiger partial charge in [-0.1, -0.05) is 0 Å². The minimum atomic E-state index is -0.795. The lowest BCUT2D eigenvalue weighted by molar-refractivity contribution is 0.257. The summed E-state index contributed by atoms with van der Waals surface area (Å²) in [5, 5.41) is 9.00. The van der Waals surface area contributed by atoms with Crippen LogP contribution in [0.25, 0.3) is 0 Å². The highest BCUT2D eigenvalue weighted by atomic mass is 19.1. The Morgan fingerprint density at radius 3 is 2.88 bits per heavy atom. The average molecular weight is 227 g/mol. The van der Waals surface area contributed by atoms with Gasteiger partial charge in [0.05, 0.1) is 31.4 Å². The fourth-order valence-corrected chi connectivity index (χ4v) is 1.67. The molecule has 1 heterocycles. The summed E-state index contributed by atoms with van der Waals surface area (Å²) in [5.74, 6) is 0.322. The number of aliphatic hydroxyl groups is 1. The van der Waals surface area contributed by atoms with Gasteiger partial charge in [0.1, 0.15) is 5.82 Å². The zero-order chi connectivity index (χ0) is 11.5. The topological polar surface area (TPSA) is 64.7 Å². The molecule has 0 amide bonds. The Kier molecular flexibility index (Phi) is 3.26. The Bertz CT molecular complexity index is 384. The van der Waals surface area contributed by atoms with E-state index in [0.717, 1.165) is 6.42 Å². The van der Waals surface area contributed by atoms with Crippen molar-refractivity contribution in [3.8, 4) is 11.5 Å². The fourth-order valence-electron chi connectivity index (χ4n) is 1.67. The summed E-state index contributed by atoms with van der Waals surface area (Å²) in [5.41, 5.74) is 5.83. The third-order valence-corrected chi connectivity index (χ3v) is 2.47. The van der Waals surface area contributed by atoms with Crippen molar-refractivity contribution in [2.24, 2.45) is 5.73 Å². The molecule has 1 unspecified atom stereocenters. The minimum absolute atomic E-state index is 0.182. The van der Waals surface area contributed by atoms with E-state index < -0.39 is 11.9 Å². The number of nitrogens with two attached hydrogens (primary N) is 1. The first kappa shape index (κ1) is 11.2. The predicted molar refractivity (Wildman–Crippen MR) is 56.0 cm³/mol. The number of aliphatic hydroxyl groups excluding tert-OH is 1. The van der Waals surface area contributed by atoms with Crippen molar-refractivity contribution in [3.05, 3.63) is 23.5 Å². The fraction of sp³-hybridized carbons (Fsp3) is 0.455. The van der Waals surface area contributed by atoms with E-state index in [2.05, 4.69) is 0 Å². The number of benzene rings is 1. The molecular weight excluding hydrogens is 213 g/mol. The molecule has 0 spiro atoms. The zero-order valence-electron chi connectivity index (χ0n) is 8.78. The van der Waals surface area contributed by atoms with Crippen LogP contribution in [0.2, 0.25) is 0 Å². The molecule has 0 bridgehead atoms. The SMILES string of the molecule is NC(CO)c1c(F)ccc2c1OCCCO2. The molecule has 1 aromatic carbocycles. The molecule has 4 nitrogen and oxygen atoms in total. The van der Waals surface area contributed by atoms with E-state index in [4.69, 9.17) is 20.3 Å². The quantitative estimate of drug-likeness (QED) is 0.790. The molecule has 16 heavy (non-hydrogen) atoms. The standard InChI is InChI=1S/C11H14FNO3/c12-7-2-3-9-11(10(7)8(13)6-14)16-5-1-4-15-9/h2-3,8,14H,1,4-6,13H2. The number of rotatable bonds is 2. The Morgan fingerprint density at radius 2 is 2.12 bits per heavy atom. The summed E-state index contributed by atoms with van der Waals surface area (Å²) >= 11 is 0. The second-order valence-electron chi connectivity index (χ2n) is 3.63. The van der Waals surface area contributed by atoms with E-state index in [1.54, 1.807) is 0 Å². The number of ether oxygens (including phenoxy) is 2. The van der Waals surface area contributed by atoms with Crippen LogP contribution in [0.3, 0.4) is 0 Å². The van der Waals surface area contributed by atoms with Crippen molar-refractivity contribution in [2.75, 3.05) is 19.8 Å². The molecule has 0 saturated heterocycles. The molecular formula is C11H14FNO3. The van der Waals surface area contributed by atoms with E-state index in [0.29, 0.717) is 24.7 Å². The van der Waals surface area contributed by atoms with Crippen molar-refractivity contribution in [2.45, 2.75) is 12.5 Å². The van der Waals surface area contributed by atoms with E-state index in [1.807, 2.05) is 0 Å². The first-order valence-corrected chi connectivity index (χ1v) is 5.18. The second-order valence-corrected chi connectivity index (χ2v) is 3.63. The van der Waals surface area contributed by atoms with Gasteiger partial charge in [0, 0.05) is 6.42 Å². The molecule has 5 heteroatoms. The van der Waals surface area contributed by atoms with Crippen molar-refractivity contribution < 1.29 is 19.0 Å². The molecule has 3 N–H and O–H groups in total. The Balaban J connectivity index is 2.48. The maximum Gasteiger partial charge on any atom is 0.168 e. The van der Waals surface area contributed by atoms with Gasteiger partial charge in [-0.05, 0) is 12.1 Å². The molecule has 0 radical (unpaired) electrons. The molecule has 0 aliphatic carbocycles. The number of halogens is 1. The predicted octanol–water partition coefficient (Wildman–Crippen LogP) is 0.979. The third kappa shape index (κ3) is 1.96. The van der Waals surface area contributed by atoms with Crippen LogP contribution in [0, 0.1) is 5.82 Å². The summed E-state index contributed by atoms with van der Waals surface area (Å²) < 4.78 is 24.5. The van der Waals surface area contributed by atoms with Crippen molar-refractivity contribution >= 4 is 0 Å². The number of fused-ring (bicyclic) bond motifs is 1. The van der Waals surface area contributed by atoms with Gasteiger partial charge >= 0.3 is 0 Å². The first-order valence-electron chi connectivity index (χ1n) is 5.18. The van der Waals surface area contributed by atoms with Gasteiger partial charge in [0.25, 0.3) is 0 Å². The van der Waals surface area contributed by atoms with Crippen LogP contribution in [0.4, 0.5) is 4.39 Å². The summed E-state index contributed by atoms with van der Waals surface area (Å²) in [6, 6.07) is 2.00. The average Bonchev–Trinajstić information content (AvgIpc) is 2.53. The Labute approximate surface area is 92.8 Å². The van der Waals surface area contributed by atoms with E-state index in [9.17, 15) is 4.39 Å². The zero-order valence-corrected chi connectivity index (χ0v) is 8.78. The molecule has 0 saturated carbocycles. The number of hydrogen-bond acceptors (Lipinski definition) is 4. The highest BCUT2D eigenvalue weighted by molar-refractivity contribution is 5.49. The van der Waals surface area contributed by atoms with Crippen LogP contribution >= 0.6 is 0 Å². The monoisotopic (exact) mass is 227 g/mol. The highest BCUT2D eigenvalue weighted by Crippen LogP contribution is 2.37. The van der Waals surface area contributed by atoms with Gasteiger partial charge in [-0.25, -0.2) is 4.39 Å². The molecule has 1 aliphatic rings. The molecule has 0 aromatic heterocycles. The molecule has 1 atom stereocenters. The molecule has 1 aromatic rings. The molecule has 88 valence electrons. The van der Waals surface area contributed by atoms with Crippen LogP contribution in [0.1, 0.15) is 18.0 Å². The molecule has 0 fully saturated rings. The summed E-state index contributed by atoms with van der Waals surface area (Å²) in [4.78, 5) is 0. The Hall–Kier alpha value is -1.33. The second kappa shape index (κ2) is 4.67. The van der Waals surface area contributed by atoms with E-state index >= 15 is 0 Å². The molecule has 1 aliphatic heterocycles. The van der Waals surface area contributed by atoms with E-state index in [-0.39, 0.29) is 12.2 Å². The molecule has 2 rings (SSSR count). The van der Waals surface area contributed by atoms with Crippen LogP contribution < -0.4 is 15.2 Å². The lowest BCUT2D eigenvalue weighted by Gasteiger charge is -2.16. The summed E-state index contributed by atoms with van der Waals surface area (Å²) in [6.07, 6.45) is 0.740. The number of hydrogen-bond donors (Lipinski definition) is 2. The first-order chi connectivity index (χ1) is 7.74. The van der Waals surface area contributed by atoms with Crippen LogP contribution in [-0.2, 0) is 0 Å². The third-order valence-electron chi connectivity index (χ3n) is 2.47. The lowest BCUT2D eigenvalue weighted by atomic mass is 10.1. The van der Waals surface area contributed by atoms with Gasteiger partial charge in [-0.15, -0.1) is 0 Å². The van der Waals surface area contributed by atoms with Gasteiger partial charge in [0.15, 0.2) is 11.5 Å². The smallest absolute Gasteiger partial charge is 0.168 e.